The monoisotopic (exact) mass is 303 g/mol. The highest BCUT2D eigenvalue weighted by Crippen LogP contribution is 2.33. The molecule has 0 spiro atoms. The molecule has 2 rings (SSSR count). The molecule has 0 aromatic carbocycles. The quantitative estimate of drug-likeness (QED) is 0.918. The van der Waals surface area contributed by atoms with Crippen molar-refractivity contribution in [1.82, 2.24) is 5.32 Å². The van der Waals surface area contributed by atoms with E-state index in [2.05, 4.69) is 39.6 Å². The topological polar surface area (TPSA) is 21.3 Å². The van der Waals surface area contributed by atoms with Crippen LogP contribution in [-0.4, -0.2) is 19.8 Å². The van der Waals surface area contributed by atoms with E-state index in [9.17, 15) is 0 Å². The van der Waals surface area contributed by atoms with Gasteiger partial charge in [-0.3, -0.25) is 0 Å². The summed E-state index contributed by atoms with van der Waals surface area (Å²) >= 11 is 5.35. The number of thiophene rings is 1. The number of rotatable bonds is 4. The van der Waals surface area contributed by atoms with E-state index in [4.69, 9.17) is 4.74 Å². The molecular formula is C12H18BrNOS. The van der Waals surface area contributed by atoms with Gasteiger partial charge in [0.1, 0.15) is 0 Å². The molecule has 1 N–H and O–H groups in total. The van der Waals surface area contributed by atoms with Crippen LogP contribution < -0.4 is 5.32 Å². The van der Waals surface area contributed by atoms with Crippen LogP contribution in [0.2, 0.25) is 0 Å². The molecule has 0 amide bonds. The fourth-order valence-electron chi connectivity index (χ4n) is 2.24. The zero-order chi connectivity index (χ0) is 11.4. The van der Waals surface area contributed by atoms with Gasteiger partial charge >= 0.3 is 0 Å². The van der Waals surface area contributed by atoms with Crippen LogP contribution >= 0.6 is 27.3 Å². The van der Waals surface area contributed by atoms with E-state index < -0.39 is 0 Å². The average Bonchev–Trinajstić information content (AvgIpc) is 2.74. The molecule has 2 heterocycles. The number of nitrogens with one attached hydrogen (secondary N) is 1. The Kier molecular flexibility index (Phi) is 4.82. The van der Waals surface area contributed by atoms with Gasteiger partial charge in [-0.2, -0.15) is 0 Å². The van der Waals surface area contributed by atoms with Crippen LogP contribution in [0, 0.1) is 5.92 Å². The molecule has 0 saturated carbocycles. The zero-order valence-corrected chi connectivity index (χ0v) is 11.9. The second kappa shape index (κ2) is 6.15. The van der Waals surface area contributed by atoms with Crippen molar-refractivity contribution in [2.45, 2.75) is 25.8 Å². The van der Waals surface area contributed by atoms with Gasteiger partial charge in [-0.1, -0.05) is 6.92 Å². The summed E-state index contributed by atoms with van der Waals surface area (Å²) in [6.07, 6.45) is 2.46. The Hall–Kier alpha value is 0.1000. The molecule has 4 heteroatoms. The maximum Gasteiger partial charge on any atom is 0.0512 e. The Labute approximate surface area is 110 Å². The van der Waals surface area contributed by atoms with Crippen molar-refractivity contribution in [1.29, 1.82) is 0 Å². The summed E-state index contributed by atoms with van der Waals surface area (Å²) in [5, 5.41) is 5.75. The zero-order valence-electron chi connectivity index (χ0n) is 9.54. The Morgan fingerprint density at radius 1 is 1.69 bits per heavy atom. The lowest BCUT2D eigenvalue weighted by Crippen LogP contribution is -2.32. The molecule has 1 aromatic rings. The minimum atomic E-state index is 0.460. The second-order valence-corrected chi connectivity index (χ2v) is 6.04. The first-order valence-corrected chi connectivity index (χ1v) is 7.53. The maximum absolute atomic E-state index is 5.59. The van der Waals surface area contributed by atoms with Crippen molar-refractivity contribution in [3.8, 4) is 0 Å². The van der Waals surface area contributed by atoms with Gasteiger partial charge in [0.2, 0.25) is 0 Å². The Balaban J connectivity index is 2.09. The third-order valence-electron chi connectivity index (χ3n) is 2.99. The molecule has 90 valence electrons. The van der Waals surface area contributed by atoms with E-state index in [0.29, 0.717) is 12.0 Å². The molecule has 1 fully saturated rings. The second-order valence-electron chi connectivity index (χ2n) is 4.18. The number of hydrogen-bond acceptors (Lipinski definition) is 3. The van der Waals surface area contributed by atoms with Gasteiger partial charge in [0.05, 0.1) is 6.61 Å². The molecule has 0 aliphatic carbocycles. The first-order valence-electron chi connectivity index (χ1n) is 5.86. The van der Waals surface area contributed by atoms with E-state index in [0.717, 1.165) is 19.8 Å². The molecule has 2 nitrogen and oxygen atoms in total. The molecule has 1 saturated heterocycles. The van der Waals surface area contributed by atoms with Gasteiger partial charge in [-0.05, 0) is 41.4 Å². The summed E-state index contributed by atoms with van der Waals surface area (Å²) in [7, 11) is 0. The van der Waals surface area contributed by atoms with Gasteiger partial charge < -0.3 is 10.1 Å². The van der Waals surface area contributed by atoms with E-state index in [1.165, 1.54) is 22.2 Å². The van der Waals surface area contributed by atoms with E-state index in [1.807, 2.05) is 11.3 Å². The predicted octanol–water partition coefficient (Wildman–Crippen LogP) is 3.59. The highest BCUT2D eigenvalue weighted by molar-refractivity contribution is 9.10. The average molecular weight is 304 g/mol. The lowest BCUT2D eigenvalue weighted by molar-refractivity contribution is 0.0398. The largest absolute Gasteiger partial charge is 0.381 e. The molecule has 0 bridgehead atoms. The van der Waals surface area contributed by atoms with Crippen LogP contribution in [0.5, 0.6) is 0 Å². The van der Waals surface area contributed by atoms with Gasteiger partial charge in [0.15, 0.2) is 0 Å². The molecule has 1 aromatic heterocycles. The van der Waals surface area contributed by atoms with E-state index in [1.54, 1.807) is 0 Å². The van der Waals surface area contributed by atoms with Gasteiger partial charge in [0, 0.05) is 33.3 Å². The van der Waals surface area contributed by atoms with Crippen LogP contribution in [0.25, 0.3) is 0 Å². The standard InChI is InChI=1S/C12H18BrNOS/c1-2-14-12(9-4-3-5-15-7-9)11-6-10(13)8-16-11/h6,8-9,12,14H,2-5,7H2,1H3. The maximum atomic E-state index is 5.59. The van der Waals surface area contributed by atoms with Crippen molar-refractivity contribution in [3.63, 3.8) is 0 Å². The summed E-state index contributed by atoms with van der Waals surface area (Å²) in [6, 6.07) is 2.69. The van der Waals surface area contributed by atoms with Crippen molar-refractivity contribution in [3.05, 3.63) is 20.8 Å². The first-order chi connectivity index (χ1) is 7.81. The summed E-state index contributed by atoms with van der Waals surface area (Å²) in [4.78, 5) is 1.42. The predicted molar refractivity (Wildman–Crippen MR) is 72.0 cm³/mol. The van der Waals surface area contributed by atoms with Crippen LogP contribution in [0.4, 0.5) is 0 Å². The van der Waals surface area contributed by atoms with Crippen LogP contribution in [-0.2, 0) is 4.74 Å². The van der Waals surface area contributed by atoms with Crippen molar-refractivity contribution < 1.29 is 4.74 Å². The van der Waals surface area contributed by atoms with Crippen molar-refractivity contribution >= 4 is 27.3 Å². The first kappa shape index (κ1) is 12.6. The highest BCUT2D eigenvalue weighted by Gasteiger charge is 2.25. The molecule has 0 radical (unpaired) electrons. The number of halogens is 1. The van der Waals surface area contributed by atoms with Crippen LogP contribution in [0.15, 0.2) is 15.9 Å². The summed E-state index contributed by atoms with van der Waals surface area (Å²) in [5.41, 5.74) is 0. The lowest BCUT2D eigenvalue weighted by atomic mass is 9.92. The molecule has 2 unspecified atom stereocenters. The van der Waals surface area contributed by atoms with E-state index in [-0.39, 0.29) is 0 Å². The van der Waals surface area contributed by atoms with E-state index >= 15 is 0 Å². The SMILES string of the molecule is CCNC(c1cc(Br)cs1)C1CCCOC1. The molecule has 2 atom stereocenters. The smallest absolute Gasteiger partial charge is 0.0512 e. The molecule has 16 heavy (non-hydrogen) atoms. The Morgan fingerprint density at radius 3 is 3.12 bits per heavy atom. The van der Waals surface area contributed by atoms with Crippen molar-refractivity contribution in [2.75, 3.05) is 19.8 Å². The van der Waals surface area contributed by atoms with Gasteiger partial charge in [-0.15, -0.1) is 11.3 Å². The minimum absolute atomic E-state index is 0.460. The van der Waals surface area contributed by atoms with Crippen molar-refractivity contribution in [2.24, 2.45) is 5.92 Å². The third kappa shape index (κ3) is 3.06. The lowest BCUT2D eigenvalue weighted by Gasteiger charge is -2.30. The highest BCUT2D eigenvalue weighted by atomic mass is 79.9. The fourth-order valence-corrected chi connectivity index (χ4v) is 3.85. The Bertz CT molecular complexity index is 323. The molecule has 1 aliphatic rings. The normalized spacial score (nSPS) is 23.2. The fraction of sp³-hybridized carbons (Fsp3) is 0.667. The third-order valence-corrected chi connectivity index (χ3v) is 4.76. The number of hydrogen-bond donors (Lipinski definition) is 1. The number of ether oxygens (including phenoxy) is 1. The molecular weight excluding hydrogens is 286 g/mol. The summed E-state index contributed by atoms with van der Waals surface area (Å²) in [5.74, 6) is 0.624. The van der Waals surface area contributed by atoms with Crippen LogP contribution in [0.3, 0.4) is 0 Å². The summed E-state index contributed by atoms with van der Waals surface area (Å²) in [6.45, 7) is 5.01. The summed E-state index contributed by atoms with van der Waals surface area (Å²) < 4.78 is 6.78. The van der Waals surface area contributed by atoms with Gasteiger partial charge in [0.25, 0.3) is 0 Å². The minimum Gasteiger partial charge on any atom is -0.381 e. The van der Waals surface area contributed by atoms with Gasteiger partial charge in [-0.25, -0.2) is 0 Å². The van der Waals surface area contributed by atoms with Crippen LogP contribution in [0.1, 0.15) is 30.7 Å². The Morgan fingerprint density at radius 2 is 2.56 bits per heavy atom. The molecule has 1 aliphatic heterocycles.